The highest BCUT2D eigenvalue weighted by Crippen LogP contribution is 2.43. The lowest BCUT2D eigenvalue weighted by atomic mass is 9.69. The van der Waals surface area contributed by atoms with Crippen molar-refractivity contribution in [2.24, 2.45) is 5.41 Å². The summed E-state index contributed by atoms with van der Waals surface area (Å²) in [6.45, 7) is 13.0. The Morgan fingerprint density at radius 1 is 0.849 bits per heavy atom. The topological polar surface area (TPSA) is 255 Å². The molecule has 0 bridgehead atoms. The molecular weight excluding hydrogens is 947 g/mol. The highest BCUT2D eigenvalue weighted by atomic mass is 16.6. The first-order chi connectivity index (χ1) is 35.2. The largest absolute Gasteiger partial charge is 0.493 e. The Bertz CT molecular complexity index is 2600. The van der Waals surface area contributed by atoms with Gasteiger partial charge in [0.15, 0.2) is 11.5 Å². The van der Waals surface area contributed by atoms with Crippen LogP contribution in [0.2, 0.25) is 0 Å². The minimum Gasteiger partial charge on any atom is -0.493 e. The summed E-state index contributed by atoms with van der Waals surface area (Å²) in [5.41, 5.74) is 2.03. The number of hydrogen-bond donors (Lipinski definition) is 4. The van der Waals surface area contributed by atoms with Gasteiger partial charge in [-0.05, 0) is 48.6 Å². The molecule has 2 fully saturated rings. The van der Waals surface area contributed by atoms with Crippen molar-refractivity contribution in [2.45, 2.75) is 58.5 Å². The molecule has 0 aliphatic carbocycles. The number of imide groups is 2. The summed E-state index contributed by atoms with van der Waals surface area (Å²) in [6.07, 6.45) is 3.34. The highest BCUT2D eigenvalue weighted by Gasteiger charge is 2.51. The monoisotopic (exact) mass is 1010 g/mol. The van der Waals surface area contributed by atoms with E-state index in [-0.39, 0.29) is 42.6 Å². The van der Waals surface area contributed by atoms with Gasteiger partial charge in [0.1, 0.15) is 18.5 Å². The summed E-state index contributed by atoms with van der Waals surface area (Å²) in [5, 5.41) is 18.7. The number of fused-ring (bicyclic) bond motifs is 1. The van der Waals surface area contributed by atoms with E-state index in [1.54, 1.807) is 53.7 Å². The summed E-state index contributed by atoms with van der Waals surface area (Å²) < 4.78 is 39.9. The second-order valence-electron chi connectivity index (χ2n) is 18.4. The van der Waals surface area contributed by atoms with Gasteiger partial charge in [-0.3, -0.25) is 34.3 Å². The second kappa shape index (κ2) is 24.5. The number of hydrogen-bond acceptors (Lipinski definition) is 18. The second-order valence-corrected chi connectivity index (χ2v) is 18.4. The predicted molar refractivity (Wildman–Crippen MR) is 268 cm³/mol. The van der Waals surface area contributed by atoms with E-state index in [2.05, 4.69) is 46.6 Å². The molecule has 5 heterocycles. The van der Waals surface area contributed by atoms with Gasteiger partial charge in [-0.25, -0.2) is 19.7 Å². The van der Waals surface area contributed by atoms with Crippen LogP contribution in [0.5, 0.6) is 17.2 Å². The lowest BCUT2D eigenvalue weighted by molar-refractivity contribution is -0.136. The van der Waals surface area contributed by atoms with E-state index in [0.29, 0.717) is 119 Å². The summed E-state index contributed by atoms with van der Waals surface area (Å²) in [4.78, 5) is 81.2. The predicted octanol–water partition coefficient (Wildman–Crippen LogP) is 5.25. The number of piperidine rings is 1. The third-order valence-electron chi connectivity index (χ3n) is 13.1. The number of aromatic nitrogens is 3. The highest BCUT2D eigenvalue weighted by molar-refractivity contribution is 6.25. The number of carboxylic acid groups (broad SMARTS) is 1. The fraction of sp³-hybridized carbons (Fsp3) is 0.490. The van der Waals surface area contributed by atoms with Crippen molar-refractivity contribution in [1.29, 1.82) is 0 Å². The van der Waals surface area contributed by atoms with Crippen molar-refractivity contribution >= 4 is 52.9 Å². The van der Waals surface area contributed by atoms with Crippen LogP contribution in [-0.4, -0.2) is 171 Å². The summed E-state index contributed by atoms with van der Waals surface area (Å²) >= 11 is 0. The van der Waals surface area contributed by atoms with Crippen molar-refractivity contribution < 1.29 is 62.2 Å². The minimum absolute atomic E-state index is 0.0503. The number of ether oxygens (including phenoxy) is 7. The average Bonchev–Trinajstić information content (AvgIpc) is 3.63. The van der Waals surface area contributed by atoms with Crippen molar-refractivity contribution in [2.75, 3.05) is 115 Å². The van der Waals surface area contributed by atoms with E-state index in [1.165, 1.54) is 14.2 Å². The van der Waals surface area contributed by atoms with Gasteiger partial charge in [0, 0.05) is 74.1 Å². The van der Waals surface area contributed by atoms with E-state index in [4.69, 9.17) is 43.1 Å². The van der Waals surface area contributed by atoms with Gasteiger partial charge in [0.05, 0.1) is 89.4 Å². The fourth-order valence-electron chi connectivity index (χ4n) is 9.30. The molecule has 5 amide bonds. The third-order valence-corrected chi connectivity index (χ3v) is 13.1. The molecule has 22 nitrogen and oxygen atoms in total. The Kier molecular flexibility index (Phi) is 18.0. The van der Waals surface area contributed by atoms with Crippen LogP contribution in [0.25, 0.3) is 11.3 Å². The van der Waals surface area contributed by atoms with E-state index in [1.807, 2.05) is 19.1 Å². The number of carbonyl (C=O) groups is 5. The molecule has 0 radical (unpaired) electrons. The van der Waals surface area contributed by atoms with Gasteiger partial charge in [-0.1, -0.05) is 33.8 Å². The zero-order valence-electron chi connectivity index (χ0n) is 42.2. The van der Waals surface area contributed by atoms with Crippen LogP contribution in [-0.2, 0) is 28.5 Å². The summed E-state index contributed by atoms with van der Waals surface area (Å²) in [7, 11) is 3.07. The Morgan fingerprint density at radius 3 is 2.18 bits per heavy atom. The number of rotatable bonds is 25. The van der Waals surface area contributed by atoms with Crippen LogP contribution >= 0.6 is 0 Å². The van der Waals surface area contributed by atoms with Gasteiger partial charge >= 0.3 is 6.09 Å². The third kappa shape index (κ3) is 12.6. The van der Waals surface area contributed by atoms with Gasteiger partial charge in [0.2, 0.25) is 23.5 Å². The summed E-state index contributed by atoms with van der Waals surface area (Å²) in [5.74, 6) is 0.161. The van der Waals surface area contributed by atoms with Crippen molar-refractivity contribution in [3.05, 3.63) is 72.1 Å². The zero-order chi connectivity index (χ0) is 52.1. The van der Waals surface area contributed by atoms with Crippen LogP contribution in [0.15, 0.2) is 60.9 Å². The normalized spacial score (nSPS) is 17.9. The molecule has 4 aromatic rings. The van der Waals surface area contributed by atoms with E-state index in [0.717, 1.165) is 16.3 Å². The number of amides is 5. The number of nitrogens with zero attached hydrogens (tertiary/aromatic N) is 6. The molecule has 3 aliphatic rings. The first-order valence-corrected chi connectivity index (χ1v) is 24.3. The SMILES string of the molecule is CCC1(C(C)(C)C)CN(c2ccc(-c3ccnc(Nc4cc(OC)c(OC)c(OCCOCCOCCOCCOCCNc5cccc6c5C(=O)N(C5CCC(=O)NC5=O)C6=O)c4)n3)cn2)CCN1C(=O)O. The molecule has 2 saturated heterocycles. The number of methoxy groups -OCH3 is 2. The van der Waals surface area contributed by atoms with Crippen molar-refractivity contribution in [3.8, 4) is 28.5 Å². The number of benzene rings is 2. The summed E-state index contributed by atoms with van der Waals surface area (Å²) in [6, 6.07) is 13.1. The van der Waals surface area contributed by atoms with Gasteiger partial charge in [0.25, 0.3) is 11.8 Å². The molecule has 0 saturated carbocycles. The van der Waals surface area contributed by atoms with Crippen LogP contribution in [0.4, 0.5) is 27.9 Å². The molecule has 0 spiro atoms. The smallest absolute Gasteiger partial charge is 0.407 e. The van der Waals surface area contributed by atoms with E-state index < -0.39 is 41.3 Å². The zero-order valence-corrected chi connectivity index (χ0v) is 42.2. The molecule has 22 heteroatoms. The van der Waals surface area contributed by atoms with E-state index >= 15 is 0 Å². The fourth-order valence-corrected chi connectivity index (χ4v) is 9.30. The molecule has 4 N–H and O–H groups in total. The molecule has 392 valence electrons. The van der Waals surface area contributed by atoms with Gasteiger partial charge in [-0.15, -0.1) is 0 Å². The number of nitrogens with one attached hydrogen (secondary N) is 3. The minimum atomic E-state index is -1.03. The Labute approximate surface area is 424 Å². The Morgan fingerprint density at radius 2 is 1.55 bits per heavy atom. The lowest BCUT2D eigenvalue weighted by Crippen LogP contribution is -2.69. The quantitative estimate of drug-likeness (QED) is 0.0488. The van der Waals surface area contributed by atoms with Gasteiger partial charge in [-0.2, -0.15) is 0 Å². The number of anilines is 4. The standard InChI is InChI=1S/C51H65N9O13/c1-7-51(50(2,3)4)32-58(18-19-59(51)49(65)66)41-13-11-33(31-54-41)36-15-16-53-48(56-36)55-34-29-39(67-5)44(68-6)40(30-34)73-28-27-72-26-25-71-24-23-70-22-21-69-20-17-52-37-10-8-9-35-43(37)47(64)60(46(35)63)38-12-14-42(61)57-45(38)62/h8-11,13,15-16,29-31,38,52H,7,12,14,17-28,32H2,1-6H3,(H,65,66)(H,53,55,56)(H,57,61,62). The maximum atomic E-state index is 13.3. The number of piperazine rings is 1. The number of pyridine rings is 1. The lowest BCUT2D eigenvalue weighted by Gasteiger charge is -2.56. The maximum Gasteiger partial charge on any atom is 0.407 e. The molecule has 2 aromatic heterocycles. The molecule has 2 unspecified atom stereocenters. The first kappa shape index (κ1) is 53.7. The van der Waals surface area contributed by atoms with Crippen molar-refractivity contribution in [3.63, 3.8) is 0 Å². The first-order valence-electron chi connectivity index (χ1n) is 24.3. The molecule has 2 aromatic carbocycles. The van der Waals surface area contributed by atoms with Crippen LogP contribution in [0.1, 0.15) is 67.7 Å². The maximum absolute atomic E-state index is 13.3. The number of carbonyl (C=O) groups excluding carboxylic acids is 4. The molecule has 2 atom stereocenters. The van der Waals surface area contributed by atoms with Crippen molar-refractivity contribution in [1.82, 2.24) is 30.1 Å². The van der Waals surface area contributed by atoms with E-state index in [9.17, 15) is 29.1 Å². The van der Waals surface area contributed by atoms with Gasteiger partial charge < -0.3 is 53.8 Å². The Hall–Kier alpha value is -7.14. The van der Waals surface area contributed by atoms with Crippen LogP contribution < -0.4 is 35.1 Å². The Balaban J connectivity index is 0.780. The van der Waals surface area contributed by atoms with Crippen LogP contribution in [0, 0.1) is 5.41 Å². The average molecular weight is 1010 g/mol. The van der Waals surface area contributed by atoms with Crippen LogP contribution in [0.3, 0.4) is 0 Å². The molecule has 3 aliphatic heterocycles. The molecule has 73 heavy (non-hydrogen) atoms. The molecular formula is C51H65N9O13. The molecule has 7 rings (SSSR count).